The molecule has 0 atom stereocenters. The molecule has 1 N–H and O–H groups in total. The molecule has 9 heteroatoms. The fourth-order valence-corrected chi connectivity index (χ4v) is 5.76. The van der Waals surface area contributed by atoms with Gasteiger partial charge in [0.15, 0.2) is 0 Å². The number of nitro groups is 1. The van der Waals surface area contributed by atoms with Crippen molar-refractivity contribution in [2.45, 2.75) is 62.8 Å². The van der Waals surface area contributed by atoms with Crippen LogP contribution in [0, 0.1) is 23.0 Å². The third kappa shape index (κ3) is 4.52. The van der Waals surface area contributed by atoms with Gasteiger partial charge in [-0.05, 0) is 38.2 Å². The summed E-state index contributed by atoms with van der Waals surface area (Å²) in [4.78, 5) is 22.9. The predicted molar refractivity (Wildman–Crippen MR) is 104 cm³/mol. The van der Waals surface area contributed by atoms with Crippen LogP contribution in [0.2, 0.25) is 0 Å². The van der Waals surface area contributed by atoms with Gasteiger partial charge >= 0.3 is 0 Å². The second kappa shape index (κ2) is 8.57. The first kappa shape index (κ1) is 20.7. The molecule has 8 nitrogen and oxygen atoms in total. The number of hydrogen-bond donors (Lipinski definition) is 1. The number of nitrogens with zero attached hydrogens (tertiary/aromatic N) is 2. The Labute approximate surface area is 165 Å². The van der Waals surface area contributed by atoms with Crippen molar-refractivity contribution in [1.82, 2.24) is 9.62 Å². The Kier molecular flexibility index (Phi) is 6.34. The summed E-state index contributed by atoms with van der Waals surface area (Å²) in [7, 11) is -3.83. The highest BCUT2D eigenvalue weighted by Crippen LogP contribution is 2.28. The van der Waals surface area contributed by atoms with Gasteiger partial charge in [-0.2, -0.15) is 4.31 Å². The summed E-state index contributed by atoms with van der Waals surface area (Å²) in [5, 5.41) is 14.1. The standard InChI is InChI=1S/C19H27N3O5S/c1-14-7-8-17(22(24)25)13-18(14)28(26,27)21-11-9-15(10-12-21)19(23)20-16-5-3-2-4-6-16/h7-8,13,15-16H,2-6,9-12H2,1H3,(H,20,23). The van der Waals surface area contributed by atoms with Gasteiger partial charge in [-0.25, -0.2) is 8.42 Å². The molecule has 28 heavy (non-hydrogen) atoms. The molecule has 0 unspecified atom stereocenters. The number of carbonyl (C=O) groups is 1. The Balaban J connectivity index is 1.64. The third-order valence-corrected chi connectivity index (χ3v) is 7.82. The Bertz CT molecular complexity index is 841. The van der Waals surface area contributed by atoms with E-state index in [-0.39, 0.29) is 41.5 Å². The van der Waals surface area contributed by atoms with Crippen molar-refractivity contribution in [1.29, 1.82) is 0 Å². The maximum atomic E-state index is 13.0. The topological polar surface area (TPSA) is 110 Å². The Morgan fingerprint density at radius 2 is 1.79 bits per heavy atom. The van der Waals surface area contributed by atoms with Crippen molar-refractivity contribution in [2.24, 2.45) is 5.92 Å². The van der Waals surface area contributed by atoms with Crippen molar-refractivity contribution in [3.8, 4) is 0 Å². The van der Waals surface area contributed by atoms with E-state index >= 15 is 0 Å². The van der Waals surface area contributed by atoms with Crippen molar-refractivity contribution in [2.75, 3.05) is 13.1 Å². The van der Waals surface area contributed by atoms with Gasteiger partial charge in [-0.3, -0.25) is 14.9 Å². The minimum Gasteiger partial charge on any atom is -0.353 e. The van der Waals surface area contributed by atoms with Crippen LogP contribution in [0.4, 0.5) is 5.69 Å². The minimum absolute atomic E-state index is 0.0236. The van der Waals surface area contributed by atoms with Crippen molar-refractivity contribution in [3.05, 3.63) is 33.9 Å². The number of nitro benzene ring substituents is 1. The number of aryl methyl sites for hydroxylation is 1. The number of nitrogens with one attached hydrogen (secondary N) is 1. The van der Waals surface area contributed by atoms with E-state index in [4.69, 9.17) is 0 Å². The van der Waals surface area contributed by atoms with E-state index in [9.17, 15) is 23.3 Å². The molecule has 1 saturated carbocycles. The number of hydrogen-bond acceptors (Lipinski definition) is 5. The minimum atomic E-state index is -3.83. The quantitative estimate of drug-likeness (QED) is 0.594. The van der Waals surface area contributed by atoms with E-state index in [2.05, 4.69) is 5.32 Å². The van der Waals surface area contributed by atoms with Gasteiger partial charge in [0.1, 0.15) is 0 Å². The number of amides is 1. The van der Waals surface area contributed by atoms with Gasteiger partial charge in [0, 0.05) is 37.2 Å². The molecule has 0 spiro atoms. The molecule has 0 bridgehead atoms. The smallest absolute Gasteiger partial charge is 0.270 e. The first-order valence-corrected chi connectivity index (χ1v) is 11.3. The lowest BCUT2D eigenvalue weighted by atomic mass is 9.93. The third-order valence-electron chi connectivity index (χ3n) is 5.78. The van der Waals surface area contributed by atoms with Crippen LogP contribution in [0.1, 0.15) is 50.5 Å². The summed E-state index contributed by atoms with van der Waals surface area (Å²) < 4.78 is 27.3. The lowest BCUT2D eigenvalue weighted by Crippen LogP contribution is -2.45. The van der Waals surface area contributed by atoms with E-state index in [0.29, 0.717) is 18.4 Å². The van der Waals surface area contributed by atoms with Gasteiger partial charge in [0.05, 0.1) is 9.82 Å². The number of benzene rings is 1. The van der Waals surface area contributed by atoms with Gasteiger partial charge in [0.2, 0.25) is 15.9 Å². The highest BCUT2D eigenvalue weighted by atomic mass is 32.2. The first-order chi connectivity index (χ1) is 13.3. The number of carbonyl (C=O) groups excluding carboxylic acids is 1. The van der Waals surface area contributed by atoms with Crippen LogP contribution in [-0.4, -0.2) is 42.7 Å². The molecule has 0 radical (unpaired) electrons. The first-order valence-electron chi connectivity index (χ1n) is 9.84. The Morgan fingerprint density at radius 1 is 1.14 bits per heavy atom. The number of piperidine rings is 1. The summed E-state index contributed by atoms with van der Waals surface area (Å²) in [6, 6.07) is 4.12. The van der Waals surface area contributed by atoms with E-state index < -0.39 is 14.9 Å². The van der Waals surface area contributed by atoms with Crippen LogP contribution in [0.15, 0.2) is 23.1 Å². The van der Waals surface area contributed by atoms with Crippen LogP contribution >= 0.6 is 0 Å². The maximum absolute atomic E-state index is 13.0. The Hall–Kier alpha value is -2.00. The molecule has 1 heterocycles. The molecule has 2 fully saturated rings. The van der Waals surface area contributed by atoms with Crippen LogP contribution < -0.4 is 5.32 Å². The highest BCUT2D eigenvalue weighted by Gasteiger charge is 2.34. The van der Waals surface area contributed by atoms with Crippen LogP contribution in [-0.2, 0) is 14.8 Å². The van der Waals surface area contributed by atoms with Gasteiger partial charge in [-0.15, -0.1) is 0 Å². The second-order valence-corrected chi connectivity index (χ2v) is 9.64. The molecule has 1 aromatic rings. The van der Waals surface area contributed by atoms with E-state index in [1.165, 1.54) is 22.9 Å². The zero-order valence-corrected chi connectivity index (χ0v) is 16.9. The summed E-state index contributed by atoms with van der Waals surface area (Å²) in [6.07, 6.45) is 6.47. The Morgan fingerprint density at radius 3 is 2.39 bits per heavy atom. The molecule has 2 aliphatic rings. The summed E-state index contributed by atoms with van der Waals surface area (Å²) in [5.41, 5.74) is 0.230. The molecule has 1 aromatic carbocycles. The van der Waals surface area contributed by atoms with Gasteiger partial charge in [0.25, 0.3) is 5.69 Å². The average Bonchev–Trinajstić information content (AvgIpc) is 2.69. The summed E-state index contributed by atoms with van der Waals surface area (Å²) in [5.74, 6) is -0.157. The average molecular weight is 410 g/mol. The SMILES string of the molecule is Cc1ccc([N+](=O)[O-])cc1S(=O)(=O)N1CCC(C(=O)NC2CCCCC2)CC1. The number of rotatable bonds is 5. The van der Waals surface area contributed by atoms with Crippen molar-refractivity contribution in [3.63, 3.8) is 0 Å². The van der Waals surface area contributed by atoms with Crippen molar-refractivity contribution < 1.29 is 18.1 Å². The van der Waals surface area contributed by atoms with Crippen LogP contribution in [0.5, 0.6) is 0 Å². The summed E-state index contributed by atoms with van der Waals surface area (Å²) in [6.45, 7) is 2.11. The monoisotopic (exact) mass is 409 g/mol. The molecule has 0 aromatic heterocycles. The highest BCUT2D eigenvalue weighted by molar-refractivity contribution is 7.89. The molecule has 1 aliphatic carbocycles. The predicted octanol–water partition coefficient (Wildman–Crippen LogP) is 2.75. The fourth-order valence-electron chi connectivity index (χ4n) is 4.04. The zero-order valence-electron chi connectivity index (χ0n) is 16.1. The fraction of sp³-hybridized carbons (Fsp3) is 0.632. The molecule has 154 valence electrons. The number of non-ortho nitro benzene ring substituents is 1. The molecule has 3 rings (SSSR count). The van der Waals surface area contributed by atoms with Gasteiger partial charge in [-0.1, -0.05) is 25.3 Å². The van der Waals surface area contributed by atoms with E-state index in [1.54, 1.807) is 6.92 Å². The largest absolute Gasteiger partial charge is 0.353 e. The zero-order chi connectivity index (χ0) is 20.3. The maximum Gasteiger partial charge on any atom is 0.270 e. The molecular weight excluding hydrogens is 382 g/mol. The molecule has 1 amide bonds. The van der Waals surface area contributed by atoms with Crippen LogP contribution in [0.3, 0.4) is 0 Å². The molecule has 1 aliphatic heterocycles. The van der Waals surface area contributed by atoms with Crippen molar-refractivity contribution >= 4 is 21.6 Å². The van der Waals surface area contributed by atoms with Gasteiger partial charge < -0.3 is 5.32 Å². The molecular formula is C19H27N3O5S. The summed E-state index contributed by atoms with van der Waals surface area (Å²) >= 11 is 0. The second-order valence-electron chi connectivity index (χ2n) is 7.73. The van der Waals surface area contributed by atoms with E-state index in [1.807, 2.05) is 0 Å². The number of sulfonamides is 1. The normalized spacial score (nSPS) is 20.0. The van der Waals surface area contributed by atoms with E-state index in [0.717, 1.165) is 31.7 Å². The molecule has 1 saturated heterocycles. The lowest BCUT2D eigenvalue weighted by molar-refractivity contribution is -0.385. The van der Waals surface area contributed by atoms with Crippen LogP contribution in [0.25, 0.3) is 0 Å². The lowest BCUT2D eigenvalue weighted by Gasteiger charge is -2.32.